The van der Waals surface area contributed by atoms with Crippen LogP contribution in [0.25, 0.3) is 10.2 Å². The number of piperidine rings is 1. The summed E-state index contributed by atoms with van der Waals surface area (Å²) < 4.78 is 6.35. The Morgan fingerprint density at radius 2 is 2.08 bits per heavy atom. The number of nitrogens with zero attached hydrogens (tertiary/aromatic N) is 3. The van der Waals surface area contributed by atoms with E-state index in [1.165, 1.54) is 6.42 Å². The van der Waals surface area contributed by atoms with E-state index in [1.807, 2.05) is 12.1 Å². The second kappa shape index (κ2) is 7.00. The maximum Gasteiger partial charge on any atom is 0.227 e. The standard InChI is InChI=1S/C18H22ClN3O2S/c1-24-14-6-5-13(19)16-15(14)20-18(25-16)22-10-7-12(11-22)17(23)21-8-3-2-4-9-21/h5-6,12H,2-4,7-11H2,1H3. The molecule has 0 radical (unpaired) electrons. The largest absolute Gasteiger partial charge is 0.494 e. The van der Waals surface area contributed by atoms with E-state index in [1.54, 1.807) is 18.4 Å². The molecule has 0 N–H and O–H groups in total. The van der Waals surface area contributed by atoms with Gasteiger partial charge in [-0.3, -0.25) is 4.79 Å². The minimum atomic E-state index is 0.0856. The van der Waals surface area contributed by atoms with Gasteiger partial charge in [0.15, 0.2) is 5.13 Å². The molecule has 2 aliphatic heterocycles. The van der Waals surface area contributed by atoms with Crippen molar-refractivity contribution >= 4 is 44.2 Å². The number of thiazole rings is 1. The number of halogens is 1. The molecule has 2 fully saturated rings. The van der Waals surface area contributed by atoms with Gasteiger partial charge in [-0.15, -0.1) is 0 Å². The SMILES string of the molecule is COc1ccc(Cl)c2sc(N3CCC(C(=O)N4CCCCC4)C3)nc12. The number of aromatic nitrogens is 1. The average molecular weight is 380 g/mol. The molecule has 0 spiro atoms. The monoisotopic (exact) mass is 379 g/mol. The highest BCUT2D eigenvalue weighted by Gasteiger charge is 2.33. The second-order valence-electron chi connectivity index (χ2n) is 6.74. The first-order chi connectivity index (χ1) is 12.2. The van der Waals surface area contributed by atoms with Crippen molar-refractivity contribution in [3.05, 3.63) is 17.2 Å². The fourth-order valence-electron chi connectivity index (χ4n) is 3.75. The van der Waals surface area contributed by atoms with Gasteiger partial charge < -0.3 is 14.5 Å². The summed E-state index contributed by atoms with van der Waals surface area (Å²) in [5.74, 6) is 1.14. The van der Waals surface area contributed by atoms with Gasteiger partial charge in [-0.2, -0.15) is 0 Å². The Hall–Kier alpha value is -1.53. The number of anilines is 1. The summed E-state index contributed by atoms with van der Waals surface area (Å²) >= 11 is 7.90. The number of hydrogen-bond acceptors (Lipinski definition) is 5. The van der Waals surface area contributed by atoms with Crippen molar-refractivity contribution in [3.8, 4) is 5.75 Å². The summed E-state index contributed by atoms with van der Waals surface area (Å²) in [4.78, 5) is 21.8. The van der Waals surface area contributed by atoms with E-state index in [0.29, 0.717) is 10.9 Å². The topological polar surface area (TPSA) is 45.7 Å². The molecule has 0 bridgehead atoms. The van der Waals surface area contributed by atoms with Crippen LogP contribution in [0.3, 0.4) is 0 Å². The van der Waals surface area contributed by atoms with Crippen LogP contribution >= 0.6 is 22.9 Å². The fraction of sp³-hybridized carbons (Fsp3) is 0.556. The summed E-state index contributed by atoms with van der Waals surface area (Å²) in [6, 6.07) is 3.69. The molecule has 2 saturated heterocycles. The zero-order valence-corrected chi connectivity index (χ0v) is 15.9. The van der Waals surface area contributed by atoms with Gasteiger partial charge in [-0.1, -0.05) is 22.9 Å². The third-order valence-electron chi connectivity index (χ3n) is 5.14. The molecule has 7 heteroatoms. The number of benzene rings is 1. The number of likely N-dealkylation sites (tertiary alicyclic amines) is 1. The predicted octanol–water partition coefficient (Wildman–Crippen LogP) is 3.80. The van der Waals surface area contributed by atoms with Crippen molar-refractivity contribution in [2.45, 2.75) is 25.7 Å². The first kappa shape index (κ1) is 16.9. The Kier molecular flexibility index (Phi) is 4.73. The Bertz CT molecular complexity index is 788. The molecule has 134 valence electrons. The number of carbonyl (C=O) groups excluding carboxylic acids is 1. The highest BCUT2D eigenvalue weighted by molar-refractivity contribution is 7.22. The smallest absolute Gasteiger partial charge is 0.227 e. The van der Waals surface area contributed by atoms with Crippen molar-refractivity contribution in [2.24, 2.45) is 5.92 Å². The molecule has 2 aliphatic rings. The lowest BCUT2D eigenvalue weighted by Crippen LogP contribution is -2.40. The highest BCUT2D eigenvalue weighted by Crippen LogP contribution is 2.40. The number of amides is 1. The van der Waals surface area contributed by atoms with Crippen molar-refractivity contribution in [2.75, 3.05) is 38.2 Å². The Morgan fingerprint density at radius 3 is 2.84 bits per heavy atom. The fourth-order valence-corrected chi connectivity index (χ4v) is 5.04. The van der Waals surface area contributed by atoms with Crippen molar-refractivity contribution in [1.29, 1.82) is 0 Å². The van der Waals surface area contributed by atoms with E-state index in [-0.39, 0.29) is 5.92 Å². The molecule has 25 heavy (non-hydrogen) atoms. The summed E-state index contributed by atoms with van der Waals surface area (Å²) in [5, 5.41) is 1.62. The third kappa shape index (κ3) is 3.17. The highest BCUT2D eigenvalue weighted by atomic mass is 35.5. The Balaban J connectivity index is 1.52. The molecule has 3 heterocycles. The lowest BCUT2D eigenvalue weighted by atomic mass is 10.0. The summed E-state index contributed by atoms with van der Waals surface area (Å²) in [6.07, 6.45) is 4.42. The third-order valence-corrected chi connectivity index (χ3v) is 6.72. The Labute approximate surface area is 156 Å². The molecule has 2 aromatic rings. The summed E-state index contributed by atoms with van der Waals surface area (Å²) in [7, 11) is 1.64. The second-order valence-corrected chi connectivity index (χ2v) is 8.13. The van der Waals surface area contributed by atoms with Gasteiger partial charge in [0.2, 0.25) is 5.91 Å². The Morgan fingerprint density at radius 1 is 1.28 bits per heavy atom. The van der Waals surface area contributed by atoms with Crippen LogP contribution in [0, 0.1) is 5.92 Å². The molecule has 1 unspecified atom stereocenters. The van der Waals surface area contributed by atoms with Gasteiger partial charge in [-0.05, 0) is 37.8 Å². The van der Waals surface area contributed by atoms with Gasteiger partial charge in [0, 0.05) is 26.2 Å². The molecule has 0 aliphatic carbocycles. The van der Waals surface area contributed by atoms with E-state index in [0.717, 1.165) is 66.5 Å². The molecule has 1 aromatic carbocycles. The first-order valence-corrected chi connectivity index (χ1v) is 10.0. The van der Waals surface area contributed by atoms with E-state index >= 15 is 0 Å². The van der Waals surface area contributed by atoms with Gasteiger partial charge in [0.25, 0.3) is 0 Å². The van der Waals surface area contributed by atoms with Gasteiger partial charge >= 0.3 is 0 Å². The van der Waals surface area contributed by atoms with Crippen LogP contribution in [0.4, 0.5) is 5.13 Å². The summed E-state index contributed by atoms with van der Waals surface area (Å²) in [5.41, 5.74) is 0.806. The van der Waals surface area contributed by atoms with Crippen LogP contribution in [0.2, 0.25) is 5.02 Å². The molecule has 1 aromatic heterocycles. The van der Waals surface area contributed by atoms with Gasteiger partial charge in [0.1, 0.15) is 11.3 Å². The molecular weight excluding hydrogens is 358 g/mol. The van der Waals surface area contributed by atoms with Gasteiger partial charge in [-0.25, -0.2) is 4.98 Å². The van der Waals surface area contributed by atoms with Crippen LogP contribution in [-0.4, -0.2) is 49.1 Å². The quantitative estimate of drug-likeness (QED) is 0.813. The van der Waals surface area contributed by atoms with Crippen molar-refractivity contribution in [1.82, 2.24) is 9.88 Å². The first-order valence-electron chi connectivity index (χ1n) is 8.84. The average Bonchev–Trinajstić information content (AvgIpc) is 3.30. The van der Waals surface area contributed by atoms with E-state index in [2.05, 4.69) is 9.80 Å². The van der Waals surface area contributed by atoms with E-state index in [4.69, 9.17) is 21.3 Å². The molecule has 5 nitrogen and oxygen atoms in total. The predicted molar refractivity (Wildman–Crippen MR) is 102 cm³/mol. The number of hydrogen-bond donors (Lipinski definition) is 0. The number of carbonyl (C=O) groups is 1. The van der Waals surface area contributed by atoms with Gasteiger partial charge in [0.05, 0.1) is 22.8 Å². The van der Waals surface area contributed by atoms with Crippen LogP contribution in [0.15, 0.2) is 12.1 Å². The number of fused-ring (bicyclic) bond motifs is 1. The van der Waals surface area contributed by atoms with Crippen molar-refractivity contribution < 1.29 is 9.53 Å². The molecule has 4 rings (SSSR count). The molecule has 0 saturated carbocycles. The number of rotatable bonds is 3. The molecule has 1 amide bonds. The maximum absolute atomic E-state index is 12.7. The minimum absolute atomic E-state index is 0.0856. The lowest BCUT2D eigenvalue weighted by molar-refractivity contribution is -0.135. The number of ether oxygens (including phenoxy) is 1. The zero-order valence-electron chi connectivity index (χ0n) is 14.3. The molecular formula is C18H22ClN3O2S. The van der Waals surface area contributed by atoms with Crippen LogP contribution < -0.4 is 9.64 Å². The summed E-state index contributed by atoms with van der Waals surface area (Å²) in [6.45, 7) is 3.45. The molecule has 1 atom stereocenters. The normalized spacial score (nSPS) is 21.1. The van der Waals surface area contributed by atoms with E-state index < -0.39 is 0 Å². The van der Waals surface area contributed by atoms with Crippen LogP contribution in [0.1, 0.15) is 25.7 Å². The van der Waals surface area contributed by atoms with Crippen LogP contribution in [0.5, 0.6) is 5.75 Å². The van der Waals surface area contributed by atoms with Crippen molar-refractivity contribution in [3.63, 3.8) is 0 Å². The van der Waals surface area contributed by atoms with E-state index in [9.17, 15) is 4.79 Å². The lowest BCUT2D eigenvalue weighted by Gasteiger charge is -2.29. The van der Waals surface area contributed by atoms with Crippen LogP contribution in [-0.2, 0) is 4.79 Å². The number of methoxy groups -OCH3 is 1. The maximum atomic E-state index is 12.7. The zero-order chi connectivity index (χ0) is 17.4. The minimum Gasteiger partial charge on any atom is -0.494 e.